The SMILES string of the molecule is OCCCCCCC(O)([c-]1cccc1)[c-]1cccc1.[Fe].[Fe].[cH-]1[cH-][cH-][cH-][cH-]1.c1cc[cH-]c1. The molecule has 4 heteroatoms. The molecule has 0 aromatic heterocycles. The van der Waals surface area contributed by atoms with Gasteiger partial charge >= 0.3 is 0 Å². The molecule has 0 radical (unpaired) electrons. The van der Waals surface area contributed by atoms with Crippen molar-refractivity contribution in [3.05, 3.63) is 120 Å². The predicted molar refractivity (Wildman–Crippen MR) is 121 cm³/mol. The Balaban J connectivity index is 0.000000615. The van der Waals surface area contributed by atoms with Crippen molar-refractivity contribution in [3.63, 3.8) is 0 Å². The monoisotopic (exact) mass is 500 g/mol. The first-order chi connectivity index (χ1) is 14.3. The van der Waals surface area contributed by atoms with Crippen LogP contribution in [0, 0.1) is 0 Å². The molecule has 31 heavy (non-hydrogen) atoms. The molecule has 0 spiro atoms. The fraction of sp³-hybridized carbons (Fsp3) is 0.259. The van der Waals surface area contributed by atoms with Crippen molar-refractivity contribution in [3.8, 4) is 0 Å². The zero-order valence-corrected chi connectivity index (χ0v) is 19.9. The van der Waals surface area contributed by atoms with Crippen LogP contribution in [0.5, 0.6) is 0 Å². The first-order valence-corrected chi connectivity index (χ1v) is 10.4. The molecule has 0 atom stereocenters. The Morgan fingerprint density at radius 1 is 0.613 bits per heavy atom. The quantitative estimate of drug-likeness (QED) is 0.174. The summed E-state index contributed by atoms with van der Waals surface area (Å²) in [4.78, 5) is 0. The van der Waals surface area contributed by atoms with Crippen LogP contribution >= 0.6 is 0 Å². The average molecular weight is 500 g/mol. The molecule has 4 aromatic rings. The van der Waals surface area contributed by atoms with E-state index in [0.29, 0.717) is 0 Å². The second kappa shape index (κ2) is 18.0. The minimum atomic E-state index is -0.869. The van der Waals surface area contributed by atoms with Crippen molar-refractivity contribution in [2.45, 2.75) is 37.7 Å². The summed E-state index contributed by atoms with van der Waals surface area (Å²) in [6.07, 6.45) is 4.61. The van der Waals surface area contributed by atoms with E-state index in [2.05, 4.69) is 0 Å². The Bertz CT molecular complexity index is 691. The van der Waals surface area contributed by atoms with Gasteiger partial charge in [0, 0.05) is 46.3 Å². The van der Waals surface area contributed by atoms with Crippen molar-refractivity contribution in [2.24, 2.45) is 0 Å². The van der Waals surface area contributed by atoms with Gasteiger partial charge in [-0.1, -0.05) is 19.3 Å². The molecule has 0 unspecified atom stereocenters. The second-order valence-electron chi connectivity index (χ2n) is 7.02. The second-order valence-corrected chi connectivity index (χ2v) is 7.02. The Kier molecular flexibility index (Phi) is 17.0. The van der Waals surface area contributed by atoms with Gasteiger partial charge in [0.05, 0.1) is 0 Å². The molecule has 0 aliphatic carbocycles. The molecule has 0 bridgehead atoms. The molecule has 2 nitrogen and oxygen atoms in total. The topological polar surface area (TPSA) is 40.5 Å². The molecule has 2 N–H and O–H groups in total. The first kappa shape index (κ1) is 29.4. The van der Waals surface area contributed by atoms with Crippen molar-refractivity contribution < 1.29 is 44.4 Å². The largest absolute Gasteiger partial charge is 0.748 e. The summed E-state index contributed by atoms with van der Waals surface area (Å²) in [6.45, 7) is 0.260. The molecule has 176 valence electrons. The summed E-state index contributed by atoms with van der Waals surface area (Å²) >= 11 is 0. The first-order valence-electron chi connectivity index (χ1n) is 10.4. The fourth-order valence-corrected chi connectivity index (χ4v) is 3.24. The van der Waals surface area contributed by atoms with Crippen LogP contribution in [0.4, 0.5) is 0 Å². The maximum atomic E-state index is 11.0. The standard InChI is InChI=1S/C17H22O2.2C5H5.2Fe/c18-14-8-2-1-7-13-17(19,15-9-3-4-10-15)16-11-5-6-12-16;2*1-2-4-5-3-1;;/h3-6,9-12,18-19H,1-2,7-8,13-14H2;2*1-5H;;/q-2;-5;-1;;. The van der Waals surface area contributed by atoms with Gasteiger partial charge in [-0.15, -0.1) is 11.1 Å². The van der Waals surface area contributed by atoms with Gasteiger partial charge in [-0.05, 0) is 12.8 Å². The van der Waals surface area contributed by atoms with Gasteiger partial charge in [0.1, 0.15) is 0 Å². The number of hydrogen-bond donors (Lipinski definition) is 2. The Labute approximate surface area is 208 Å². The molecule has 0 amide bonds. The van der Waals surface area contributed by atoms with Gasteiger partial charge in [0.2, 0.25) is 0 Å². The molecule has 4 rings (SSSR count). The van der Waals surface area contributed by atoms with Crippen LogP contribution in [-0.4, -0.2) is 16.8 Å². The van der Waals surface area contributed by atoms with E-state index < -0.39 is 5.60 Å². The van der Waals surface area contributed by atoms with E-state index in [0.717, 1.165) is 43.2 Å². The van der Waals surface area contributed by atoms with E-state index in [1.54, 1.807) is 0 Å². The normalized spacial score (nSPS) is 9.87. The van der Waals surface area contributed by atoms with E-state index in [4.69, 9.17) is 5.11 Å². The summed E-state index contributed by atoms with van der Waals surface area (Å²) < 4.78 is 0. The summed E-state index contributed by atoms with van der Waals surface area (Å²) in [7, 11) is 0. The molecule has 4 aromatic carbocycles. The zero-order valence-electron chi connectivity index (χ0n) is 17.7. The molecule has 0 heterocycles. The third kappa shape index (κ3) is 11.0. The zero-order chi connectivity index (χ0) is 20.6. The molecule has 0 saturated carbocycles. The molecule has 0 aliphatic rings. The Morgan fingerprint density at radius 2 is 1.03 bits per heavy atom. The number of hydrogen-bond acceptors (Lipinski definition) is 2. The van der Waals surface area contributed by atoms with Crippen LogP contribution < -0.4 is 0 Å². The van der Waals surface area contributed by atoms with Gasteiger partial charge < -0.3 is 40.5 Å². The number of aliphatic hydroxyl groups excluding tert-OH is 1. The van der Waals surface area contributed by atoms with Crippen LogP contribution in [0.2, 0.25) is 0 Å². The van der Waals surface area contributed by atoms with Crippen molar-refractivity contribution in [1.29, 1.82) is 0 Å². The van der Waals surface area contributed by atoms with Gasteiger partial charge in [-0.25, -0.2) is 36.4 Å². The maximum Gasteiger partial charge on any atom is 0.0431 e. The minimum Gasteiger partial charge on any atom is -0.748 e. The van der Waals surface area contributed by atoms with Crippen LogP contribution in [-0.2, 0) is 39.7 Å². The van der Waals surface area contributed by atoms with Gasteiger partial charge in [0.25, 0.3) is 0 Å². The van der Waals surface area contributed by atoms with Gasteiger partial charge in [-0.3, -0.25) is 0 Å². The summed E-state index contributed by atoms with van der Waals surface area (Å²) in [5.41, 5.74) is 1.08. The number of unbranched alkanes of at least 4 members (excludes halogenated alkanes) is 3. The van der Waals surface area contributed by atoms with Crippen LogP contribution in [0.15, 0.2) is 109 Å². The molecular formula is C27H32Fe2O2-8. The van der Waals surface area contributed by atoms with Crippen molar-refractivity contribution in [2.75, 3.05) is 6.61 Å². The van der Waals surface area contributed by atoms with E-state index in [-0.39, 0.29) is 40.7 Å². The Hall–Kier alpha value is -1.64. The Morgan fingerprint density at radius 3 is 1.39 bits per heavy atom. The predicted octanol–water partition coefficient (Wildman–Crippen LogP) is 6.11. The van der Waals surface area contributed by atoms with Crippen LogP contribution in [0.25, 0.3) is 0 Å². The van der Waals surface area contributed by atoms with Crippen LogP contribution in [0.1, 0.15) is 43.2 Å². The molecule has 0 saturated heterocycles. The van der Waals surface area contributed by atoms with E-state index in [9.17, 15) is 5.11 Å². The maximum absolute atomic E-state index is 11.0. The van der Waals surface area contributed by atoms with E-state index >= 15 is 0 Å². The third-order valence-electron chi connectivity index (χ3n) is 4.84. The minimum absolute atomic E-state index is 0. The summed E-state index contributed by atoms with van der Waals surface area (Å²) in [5.74, 6) is 0. The smallest absolute Gasteiger partial charge is 0.0431 e. The van der Waals surface area contributed by atoms with Gasteiger partial charge in [-0.2, -0.15) is 42.5 Å². The summed E-state index contributed by atoms with van der Waals surface area (Å²) in [6, 6.07) is 35.8. The van der Waals surface area contributed by atoms with Crippen molar-refractivity contribution in [1.82, 2.24) is 0 Å². The van der Waals surface area contributed by atoms with E-state index in [1.807, 2.05) is 109 Å². The van der Waals surface area contributed by atoms with Gasteiger partial charge in [0.15, 0.2) is 0 Å². The molecular weight excluding hydrogens is 468 g/mol. The van der Waals surface area contributed by atoms with Crippen molar-refractivity contribution >= 4 is 0 Å². The summed E-state index contributed by atoms with van der Waals surface area (Å²) in [5, 5.41) is 19.8. The third-order valence-corrected chi connectivity index (χ3v) is 4.84. The average Bonchev–Trinajstić information content (AvgIpc) is 3.59. The number of aliphatic hydroxyl groups is 2. The fourth-order valence-electron chi connectivity index (χ4n) is 3.24. The number of rotatable bonds is 8. The van der Waals surface area contributed by atoms with Crippen LogP contribution in [0.3, 0.4) is 0 Å². The molecule has 0 fully saturated rings. The molecule has 0 aliphatic heterocycles. The van der Waals surface area contributed by atoms with E-state index in [1.165, 1.54) is 0 Å².